The Morgan fingerprint density at radius 1 is 1.16 bits per heavy atom. The summed E-state index contributed by atoms with van der Waals surface area (Å²) in [5, 5.41) is 10.5. The van der Waals surface area contributed by atoms with Crippen molar-refractivity contribution in [3.8, 4) is 0 Å². The fourth-order valence-electron chi connectivity index (χ4n) is 2.83. The minimum Gasteiger partial charge on any atom is -0.388 e. The van der Waals surface area contributed by atoms with Crippen molar-refractivity contribution in [1.29, 1.82) is 0 Å². The zero-order valence-corrected chi connectivity index (χ0v) is 11.1. The third kappa shape index (κ3) is 2.26. The average molecular weight is 277 g/mol. The molecule has 19 heavy (non-hydrogen) atoms. The second-order valence-corrected chi connectivity index (χ2v) is 5.40. The van der Waals surface area contributed by atoms with Gasteiger partial charge < -0.3 is 5.11 Å². The van der Waals surface area contributed by atoms with E-state index in [1.54, 1.807) is 6.07 Å². The Morgan fingerprint density at radius 3 is 2.74 bits per heavy atom. The smallest absolute Gasteiger partial charge is 0.142 e. The largest absolute Gasteiger partial charge is 0.388 e. The molecule has 3 heteroatoms. The van der Waals surface area contributed by atoms with E-state index in [0.717, 1.165) is 17.5 Å². The fourth-order valence-corrected chi connectivity index (χ4v) is 3.03. The second kappa shape index (κ2) is 4.95. The van der Waals surface area contributed by atoms with Gasteiger partial charge in [0.2, 0.25) is 0 Å². The molecule has 3 rings (SSSR count). The van der Waals surface area contributed by atoms with E-state index in [0.29, 0.717) is 6.42 Å². The molecule has 98 valence electrons. The summed E-state index contributed by atoms with van der Waals surface area (Å²) in [5.74, 6) is -0.333. The topological polar surface area (TPSA) is 20.2 Å². The van der Waals surface area contributed by atoms with Gasteiger partial charge in [0.05, 0.1) is 11.1 Å². The molecule has 0 spiro atoms. The van der Waals surface area contributed by atoms with Gasteiger partial charge in [-0.3, -0.25) is 0 Å². The van der Waals surface area contributed by atoms with Crippen molar-refractivity contribution < 1.29 is 9.50 Å². The zero-order valence-electron chi connectivity index (χ0n) is 10.3. The molecule has 2 atom stereocenters. The van der Waals surface area contributed by atoms with Crippen LogP contribution in [0.25, 0.3) is 0 Å². The summed E-state index contributed by atoms with van der Waals surface area (Å²) in [4.78, 5) is 0. The van der Waals surface area contributed by atoms with E-state index < -0.39 is 11.9 Å². The molecular weight excluding hydrogens is 263 g/mol. The molecule has 0 aromatic heterocycles. The molecule has 2 aromatic rings. The lowest BCUT2D eigenvalue weighted by molar-refractivity contribution is 0.123. The van der Waals surface area contributed by atoms with Crippen LogP contribution in [0.5, 0.6) is 0 Å². The fraction of sp³-hybridized carbons (Fsp3) is 0.250. The van der Waals surface area contributed by atoms with E-state index in [2.05, 4.69) is 0 Å². The lowest BCUT2D eigenvalue weighted by Gasteiger charge is -2.16. The standard InChI is InChI=1S/C16H14ClFO/c17-15-11(5-3-7-14(15)18)9-12-8-10-4-1-2-6-13(10)16(12)19/h1-7,12,16,19H,8-9H2. The van der Waals surface area contributed by atoms with Gasteiger partial charge in [-0.2, -0.15) is 0 Å². The van der Waals surface area contributed by atoms with Crippen molar-refractivity contribution in [3.63, 3.8) is 0 Å². The molecule has 2 unspecified atom stereocenters. The van der Waals surface area contributed by atoms with Crippen LogP contribution in [0, 0.1) is 11.7 Å². The SMILES string of the molecule is OC1c2ccccc2CC1Cc1cccc(F)c1Cl. The molecule has 0 fully saturated rings. The summed E-state index contributed by atoms with van der Waals surface area (Å²) in [6.07, 6.45) is 0.909. The maximum Gasteiger partial charge on any atom is 0.142 e. The van der Waals surface area contributed by atoms with Crippen LogP contribution in [0.4, 0.5) is 4.39 Å². The molecule has 1 aliphatic rings. The number of benzene rings is 2. The first-order valence-electron chi connectivity index (χ1n) is 6.35. The maximum atomic E-state index is 13.4. The normalized spacial score (nSPS) is 21.4. The van der Waals surface area contributed by atoms with E-state index in [9.17, 15) is 9.50 Å². The highest BCUT2D eigenvalue weighted by Crippen LogP contribution is 2.38. The Morgan fingerprint density at radius 2 is 1.95 bits per heavy atom. The van der Waals surface area contributed by atoms with Crippen LogP contribution in [-0.2, 0) is 12.8 Å². The van der Waals surface area contributed by atoms with E-state index >= 15 is 0 Å². The van der Waals surface area contributed by atoms with E-state index in [1.165, 1.54) is 11.6 Å². The molecular formula is C16H14ClFO. The third-order valence-corrected chi connectivity index (χ3v) is 4.24. The highest BCUT2D eigenvalue weighted by Gasteiger charge is 2.31. The highest BCUT2D eigenvalue weighted by molar-refractivity contribution is 6.31. The summed E-state index contributed by atoms with van der Waals surface area (Å²) >= 11 is 5.97. The van der Waals surface area contributed by atoms with Gasteiger partial charge in [0.25, 0.3) is 0 Å². The first kappa shape index (κ1) is 12.6. The van der Waals surface area contributed by atoms with Crippen LogP contribution in [0.1, 0.15) is 22.8 Å². The Hall–Kier alpha value is -1.38. The maximum absolute atomic E-state index is 13.4. The summed E-state index contributed by atoms with van der Waals surface area (Å²) < 4.78 is 13.4. The van der Waals surface area contributed by atoms with Crippen molar-refractivity contribution in [2.24, 2.45) is 5.92 Å². The molecule has 0 amide bonds. The highest BCUT2D eigenvalue weighted by atomic mass is 35.5. The molecule has 0 aliphatic heterocycles. The van der Waals surface area contributed by atoms with Crippen LogP contribution < -0.4 is 0 Å². The monoisotopic (exact) mass is 276 g/mol. The van der Waals surface area contributed by atoms with Crippen molar-refractivity contribution in [2.45, 2.75) is 18.9 Å². The summed E-state index contributed by atoms with van der Waals surface area (Å²) in [6.45, 7) is 0. The van der Waals surface area contributed by atoms with Gasteiger partial charge in [-0.1, -0.05) is 48.0 Å². The predicted octanol–water partition coefficient (Wildman–Crippen LogP) is 3.93. The van der Waals surface area contributed by atoms with E-state index in [1.807, 2.05) is 30.3 Å². The Balaban J connectivity index is 1.85. The number of hydrogen-bond acceptors (Lipinski definition) is 1. The molecule has 1 N–H and O–H groups in total. The first-order valence-corrected chi connectivity index (χ1v) is 6.73. The molecule has 0 saturated heterocycles. The number of hydrogen-bond donors (Lipinski definition) is 1. The van der Waals surface area contributed by atoms with Gasteiger partial charge in [0.1, 0.15) is 5.82 Å². The molecule has 2 aromatic carbocycles. The number of fused-ring (bicyclic) bond motifs is 1. The van der Waals surface area contributed by atoms with Crippen LogP contribution in [0.15, 0.2) is 42.5 Å². The van der Waals surface area contributed by atoms with Crippen LogP contribution in [0.3, 0.4) is 0 Å². The number of rotatable bonds is 2. The second-order valence-electron chi connectivity index (χ2n) is 5.02. The third-order valence-electron chi connectivity index (χ3n) is 3.82. The van der Waals surface area contributed by atoms with Gasteiger partial charge in [-0.25, -0.2) is 4.39 Å². The first-order chi connectivity index (χ1) is 9.16. The average Bonchev–Trinajstić information content (AvgIpc) is 2.73. The van der Waals surface area contributed by atoms with Crippen molar-refractivity contribution >= 4 is 11.6 Å². The number of aliphatic hydroxyl groups excluding tert-OH is 1. The van der Waals surface area contributed by atoms with Crippen molar-refractivity contribution in [2.75, 3.05) is 0 Å². The minimum absolute atomic E-state index is 0.0664. The van der Waals surface area contributed by atoms with Crippen molar-refractivity contribution in [1.82, 2.24) is 0 Å². The minimum atomic E-state index is -0.490. The zero-order chi connectivity index (χ0) is 13.4. The lowest BCUT2D eigenvalue weighted by Crippen LogP contribution is -2.11. The Labute approximate surface area is 116 Å². The Kier molecular flexibility index (Phi) is 3.29. The summed E-state index contributed by atoms with van der Waals surface area (Å²) in [5.41, 5.74) is 2.92. The van der Waals surface area contributed by atoms with Gasteiger partial charge in [-0.05, 0) is 41.5 Å². The van der Waals surface area contributed by atoms with Gasteiger partial charge in [-0.15, -0.1) is 0 Å². The molecule has 0 saturated carbocycles. The van der Waals surface area contributed by atoms with Gasteiger partial charge in [0.15, 0.2) is 0 Å². The quantitative estimate of drug-likeness (QED) is 0.881. The van der Waals surface area contributed by atoms with Crippen molar-refractivity contribution in [3.05, 3.63) is 70.0 Å². The van der Waals surface area contributed by atoms with Crippen LogP contribution >= 0.6 is 11.6 Å². The van der Waals surface area contributed by atoms with E-state index in [4.69, 9.17) is 11.6 Å². The molecule has 0 radical (unpaired) electrons. The summed E-state index contributed by atoms with van der Waals surface area (Å²) in [7, 11) is 0. The van der Waals surface area contributed by atoms with Crippen LogP contribution in [-0.4, -0.2) is 5.11 Å². The molecule has 0 heterocycles. The predicted molar refractivity (Wildman–Crippen MR) is 73.7 cm³/mol. The van der Waals surface area contributed by atoms with Gasteiger partial charge >= 0.3 is 0 Å². The molecule has 1 nitrogen and oxygen atoms in total. The lowest BCUT2D eigenvalue weighted by atomic mass is 9.94. The number of halogens is 2. The Bertz CT molecular complexity index is 611. The molecule has 0 bridgehead atoms. The van der Waals surface area contributed by atoms with Gasteiger partial charge in [0, 0.05) is 0 Å². The summed E-state index contributed by atoms with van der Waals surface area (Å²) in [6, 6.07) is 12.7. The molecule has 1 aliphatic carbocycles. The van der Waals surface area contributed by atoms with E-state index in [-0.39, 0.29) is 10.9 Å². The number of aliphatic hydroxyl groups is 1. The van der Waals surface area contributed by atoms with Crippen LogP contribution in [0.2, 0.25) is 5.02 Å².